The van der Waals surface area contributed by atoms with E-state index in [4.69, 9.17) is 9.47 Å². The Morgan fingerprint density at radius 3 is 2.87 bits per heavy atom. The molecule has 1 amide bonds. The van der Waals surface area contributed by atoms with Gasteiger partial charge >= 0.3 is 0 Å². The first-order chi connectivity index (χ1) is 14.2. The van der Waals surface area contributed by atoms with Crippen molar-refractivity contribution >= 4 is 18.3 Å². The maximum atomic E-state index is 13.1. The fourth-order valence-corrected chi connectivity index (χ4v) is 4.69. The Kier molecular flexibility index (Phi) is 6.15. The highest BCUT2D eigenvalue weighted by molar-refractivity contribution is 5.85. The number of likely N-dealkylation sites (tertiary alicyclic amines) is 1. The number of carbonyl (C=O) groups is 1. The first kappa shape index (κ1) is 20.9. The molecule has 1 aromatic heterocycles. The largest absolute Gasteiger partial charge is 0.497 e. The number of hydrogen-bond donors (Lipinski definition) is 1. The Morgan fingerprint density at radius 2 is 2.07 bits per heavy atom. The van der Waals surface area contributed by atoms with Crippen LogP contribution in [0.15, 0.2) is 18.2 Å². The van der Waals surface area contributed by atoms with Gasteiger partial charge in [0.2, 0.25) is 5.91 Å². The predicted octanol–water partition coefficient (Wildman–Crippen LogP) is 1.77. The van der Waals surface area contributed by atoms with E-state index in [0.717, 1.165) is 74.3 Å². The molecule has 1 unspecified atom stereocenters. The molecule has 4 heterocycles. The number of aromatic nitrogens is 3. The van der Waals surface area contributed by atoms with Gasteiger partial charge in [0.1, 0.15) is 29.8 Å². The van der Waals surface area contributed by atoms with E-state index >= 15 is 0 Å². The van der Waals surface area contributed by atoms with Crippen LogP contribution in [-0.2, 0) is 24.3 Å². The van der Waals surface area contributed by atoms with Crippen LogP contribution in [0.1, 0.15) is 36.0 Å². The zero-order chi connectivity index (χ0) is 19.8. The molecule has 0 aliphatic carbocycles. The van der Waals surface area contributed by atoms with E-state index in [0.29, 0.717) is 18.9 Å². The van der Waals surface area contributed by atoms with Crippen LogP contribution < -0.4 is 14.8 Å². The summed E-state index contributed by atoms with van der Waals surface area (Å²) in [5.41, 5.74) is 1.05. The highest BCUT2D eigenvalue weighted by atomic mass is 35.5. The summed E-state index contributed by atoms with van der Waals surface area (Å²) in [6.07, 6.45) is 2.58. The van der Waals surface area contributed by atoms with Crippen LogP contribution in [0, 0.1) is 5.92 Å². The number of ether oxygens (including phenoxy) is 2. The minimum atomic E-state index is -0.127. The standard InChI is InChI=1S/C21H27N5O3.ClH/c1-28-17-2-3-18-15(11-17)10-16(13-29-18)21(27)25-7-4-14(5-8-25)20-24-23-19-12-22-6-9-26(19)20;/h2-3,11,14,16,22H,4-10,12-13H2,1H3;1H. The number of nitrogens with one attached hydrogen (secondary N) is 1. The van der Waals surface area contributed by atoms with Crippen LogP contribution in [0.5, 0.6) is 11.5 Å². The summed E-state index contributed by atoms with van der Waals surface area (Å²) in [5, 5.41) is 12.1. The van der Waals surface area contributed by atoms with Gasteiger partial charge in [-0.05, 0) is 43.0 Å². The van der Waals surface area contributed by atoms with Crippen LogP contribution in [-0.4, -0.2) is 58.9 Å². The van der Waals surface area contributed by atoms with Gasteiger partial charge in [-0.3, -0.25) is 4.79 Å². The number of carbonyl (C=O) groups excluding carboxylic acids is 1. The van der Waals surface area contributed by atoms with E-state index in [1.54, 1.807) is 7.11 Å². The molecule has 0 bridgehead atoms. The second-order valence-corrected chi connectivity index (χ2v) is 8.09. The van der Waals surface area contributed by atoms with Gasteiger partial charge in [-0.1, -0.05) is 0 Å². The number of benzene rings is 1. The highest BCUT2D eigenvalue weighted by Crippen LogP contribution is 2.33. The molecule has 1 aromatic carbocycles. The maximum absolute atomic E-state index is 13.1. The molecule has 0 radical (unpaired) electrons. The minimum absolute atomic E-state index is 0. The SMILES string of the molecule is COc1ccc2c(c1)CC(C(=O)N1CCC(c3nnc4n3CCNC4)CC1)CO2.Cl. The fourth-order valence-electron chi connectivity index (χ4n) is 4.69. The van der Waals surface area contributed by atoms with E-state index in [2.05, 4.69) is 20.1 Å². The van der Waals surface area contributed by atoms with Crippen LogP contribution >= 0.6 is 12.4 Å². The lowest BCUT2D eigenvalue weighted by Gasteiger charge is -2.35. The van der Waals surface area contributed by atoms with E-state index < -0.39 is 0 Å². The topological polar surface area (TPSA) is 81.5 Å². The Hall–Kier alpha value is -2.32. The Morgan fingerprint density at radius 1 is 1.23 bits per heavy atom. The quantitative estimate of drug-likeness (QED) is 0.794. The van der Waals surface area contributed by atoms with Crippen molar-refractivity contribution in [3.05, 3.63) is 35.4 Å². The third-order valence-corrected chi connectivity index (χ3v) is 6.35. The predicted molar refractivity (Wildman–Crippen MR) is 113 cm³/mol. The fraction of sp³-hybridized carbons (Fsp3) is 0.571. The van der Waals surface area contributed by atoms with Crippen molar-refractivity contribution in [2.45, 2.75) is 38.3 Å². The molecule has 30 heavy (non-hydrogen) atoms. The first-order valence-corrected chi connectivity index (χ1v) is 10.4. The summed E-state index contributed by atoms with van der Waals surface area (Å²) in [5.74, 6) is 4.23. The molecule has 0 saturated carbocycles. The first-order valence-electron chi connectivity index (χ1n) is 10.4. The zero-order valence-electron chi connectivity index (χ0n) is 17.2. The second kappa shape index (κ2) is 8.81. The number of rotatable bonds is 3. The van der Waals surface area contributed by atoms with Gasteiger partial charge in [-0.2, -0.15) is 0 Å². The number of methoxy groups -OCH3 is 1. The van der Waals surface area contributed by atoms with Crippen LogP contribution in [0.2, 0.25) is 0 Å². The molecular weight excluding hydrogens is 406 g/mol. The number of hydrogen-bond acceptors (Lipinski definition) is 6. The number of amides is 1. The number of halogens is 1. The molecule has 162 valence electrons. The smallest absolute Gasteiger partial charge is 0.229 e. The molecule has 3 aliphatic heterocycles. The molecule has 1 fully saturated rings. The number of piperidine rings is 1. The van der Waals surface area contributed by atoms with Gasteiger partial charge in [-0.15, -0.1) is 22.6 Å². The summed E-state index contributed by atoms with van der Waals surface area (Å²) < 4.78 is 13.4. The number of nitrogens with zero attached hydrogens (tertiary/aromatic N) is 4. The maximum Gasteiger partial charge on any atom is 0.229 e. The van der Waals surface area contributed by atoms with E-state index in [1.807, 2.05) is 23.1 Å². The average Bonchev–Trinajstić information content (AvgIpc) is 3.22. The lowest BCUT2D eigenvalue weighted by molar-refractivity contribution is -0.138. The van der Waals surface area contributed by atoms with E-state index in [1.165, 1.54) is 0 Å². The Labute approximate surface area is 182 Å². The molecule has 3 aliphatic rings. The molecule has 2 aromatic rings. The van der Waals surface area contributed by atoms with E-state index in [-0.39, 0.29) is 24.2 Å². The summed E-state index contributed by atoms with van der Waals surface area (Å²) in [6, 6.07) is 5.80. The molecule has 5 rings (SSSR count). The molecule has 8 nitrogen and oxygen atoms in total. The van der Waals surface area contributed by atoms with Crippen LogP contribution in [0.25, 0.3) is 0 Å². The zero-order valence-corrected chi connectivity index (χ0v) is 18.0. The summed E-state index contributed by atoms with van der Waals surface area (Å²) >= 11 is 0. The molecular formula is C21H28ClN5O3. The molecule has 0 spiro atoms. The van der Waals surface area contributed by atoms with Crippen molar-refractivity contribution in [3.63, 3.8) is 0 Å². The van der Waals surface area contributed by atoms with Gasteiger partial charge in [0.05, 0.1) is 19.6 Å². The van der Waals surface area contributed by atoms with Gasteiger partial charge in [-0.25, -0.2) is 0 Å². The lowest BCUT2D eigenvalue weighted by Crippen LogP contribution is -2.44. The van der Waals surface area contributed by atoms with Crippen molar-refractivity contribution in [2.24, 2.45) is 5.92 Å². The van der Waals surface area contributed by atoms with Crippen molar-refractivity contribution < 1.29 is 14.3 Å². The van der Waals surface area contributed by atoms with Crippen LogP contribution in [0.3, 0.4) is 0 Å². The Balaban J connectivity index is 0.00000218. The lowest BCUT2D eigenvalue weighted by atomic mass is 9.92. The minimum Gasteiger partial charge on any atom is -0.497 e. The van der Waals surface area contributed by atoms with Gasteiger partial charge in [0.25, 0.3) is 0 Å². The number of fused-ring (bicyclic) bond motifs is 2. The molecule has 1 saturated heterocycles. The third kappa shape index (κ3) is 3.86. The van der Waals surface area contributed by atoms with Crippen molar-refractivity contribution in [1.29, 1.82) is 0 Å². The van der Waals surface area contributed by atoms with Crippen molar-refractivity contribution in [3.8, 4) is 11.5 Å². The van der Waals surface area contributed by atoms with Gasteiger partial charge in [0.15, 0.2) is 0 Å². The molecule has 9 heteroatoms. The summed E-state index contributed by atoms with van der Waals surface area (Å²) in [6.45, 7) is 4.67. The van der Waals surface area contributed by atoms with Gasteiger partial charge < -0.3 is 24.3 Å². The summed E-state index contributed by atoms with van der Waals surface area (Å²) in [7, 11) is 1.65. The average molecular weight is 434 g/mol. The monoisotopic (exact) mass is 433 g/mol. The highest BCUT2D eigenvalue weighted by Gasteiger charge is 2.33. The van der Waals surface area contributed by atoms with Crippen molar-refractivity contribution in [2.75, 3.05) is 33.4 Å². The second-order valence-electron chi connectivity index (χ2n) is 8.09. The normalized spacial score (nSPS) is 21.1. The Bertz CT molecular complexity index is 910. The summed E-state index contributed by atoms with van der Waals surface area (Å²) in [4.78, 5) is 15.1. The molecule has 1 atom stereocenters. The molecule has 1 N–H and O–H groups in total. The van der Waals surface area contributed by atoms with Crippen molar-refractivity contribution in [1.82, 2.24) is 25.0 Å². The van der Waals surface area contributed by atoms with Crippen LogP contribution in [0.4, 0.5) is 0 Å². The van der Waals surface area contributed by atoms with E-state index in [9.17, 15) is 4.79 Å². The third-order valence-electron chi connectivity index (χ3n) is 6.35. The van der Waals surface area contributed by atoms with Gasteiger partial charge in [0, 0.05) is 32.1 Å².